The van der Waals surface area contributed by atoms with Crippen LogP contribution in [0.2, 0.25) is 10.0 Å². The van der Waals surface area contributed by atoms with Crippen LogP contribution in [0.1, 0.15) is 0 Å². The summed E-state index contributed by atoms with van der Waals surface area (Å²) in [5, 5.41) is 10.7. The van der Waals surface area contributed by atoms with Gasteiger partial charge in [-0.2, -0.15) is 0 Å². The third-order valence-corrected chi connectivity index (χ3v) is 6.46. The Labute approximate surface area is 135 Å². The predicted molar refractivity (Wildman–Crippen MR) is 82.9 cm³/mol. The fourth-order valence-electron chi connectivity index (χ4n) is 1.63. The van der Waals surface area contributed by atoms with Crippen LogP contribution in [0.5, 0.6) is 0 Å². The maximum atomic E-state index is 12.6. The van der Waals surface area contributed by atoms with Crippen molar-refractivity contribution in [1.29, 1.82) is 0 Å². The van der Waals surface area contributed by atoms with Crippen LogP contribution in [0.4, 0.5) is 5.69 Å². The van der Waals surface area contributed by atoms with Gasteiger partial charge in [-0.3, -0.25) is 9.10 Å². The van der Waals surface area contributed by atoms with E-state index in [1.165, 1.54) is 24.3 Å². The van der Waals surface area contributed by atoms with Gasteiger partial charge in [-0.05, 0) is 23.6 Å². The van der Waals surface area contributed by atoms with Crippen LogP contribution in [0, 0.1) is 0 Å². The summed E-state index contributed by atoms with van der Waals surface area (Å²) in [6, 6.07) is 7.36. The SMILES string of the molecule is O=C(O)CN(c1cccc(Cl)c1Cl)S(=O)(=O)c1cccs1. The lowest BCUT2D eigenvalue weighted by atomic mass is 10.3. The summed E-state index contributed by atoms with van der Waals surface area (Å²) in [6.45, 7) is -0.750. The fraction of sp³-hybridized carbons (Fsp3) is 0.0833. The zero-order chi connectivity index (χ0) is 15.6. The van der Waals surface area contributed by atoms with Crippen molar-refractivity contribution in [2.24, 2.45) is 0 Å². The molecule has 0 fully saturated rings. The number of nitrogens with zero attached hydrogens (tertiary/aromatic N) is 1. The summed E-state index contributed by atoms with van der Waals surface area (Å²) in [4.78, 5) is 11.0. The molecular formula is C12H9Cl2NO4S2. The molecule has 0 bridgehead atoms. The topological polar surface area (TPSA) is 74.7 Å². The highest BCUT2D eigenvalue weighted by Gasteiger charge is 2.29. The second-order valence-electron chi connectivity index (χ2n) is 3.91. The van der Waals surface area contributed by atoms with Gasteiger partial charge in [0.1, 0.15) is 10.8 Å². The molecule has 1 heterocycles. The van der Waals surface area contributed by atoms with Crippen molar-refractivity contribution in [2.45, 2.75) is 4.21 Å². The zero-order valence-corrected chi connectivity index (χ0v) is 13.5. The van der Waals surface area contributed by atoms with Crippen molar-refractivity contribution in [2.75, 3.05) is 10.8 Å². The van der Waals surface area contributed by atoms with Crippen LogP contribution in [-0.4, -0.2) is 26.0 Å². The number of hydrogen-bond acceptors (Lipinski definition) is 4. The molecule has 1 aromatic carbocycles. The molecule has 2 rings (SSSR count). The summed E-state index contributed by atoms with van der Waals surface area (Å²) in [7, 11) is -4.02. The number of carboxylic acid groups (broad SMARTS) is 1. The molecule has 9 heteroatoms. The average molecular weight is 366 g/mol. The maximum absolute atomic E-state index is 12.6. The van der Waals surface area contributed by atoms with Crippen LogP contribution < -0.4 is 4.31 Å². The van der Waals surface area contributed by atoms with E-state index < -0.39 is 22.5 Å². The third kappa shape index (κ3) is 3.32. The number of rotatable bonds is 5. The summed E-state index contributed by atoms with van der Waals surface area (Å²) >= 11 is 12.9. The van der Waals surface area contributed by atoms with E-state index in [4.69, 9.17) is 28.3 Å². The molecule has 0 aliphatic heterocycles. The fourth-order valence-corrected chi connectivity index (χ4v) is 4.60. The van der Waals surface area contributed by atoms with Gasteiger partial charge in [-0.25, -0.2) is 8.42 Å². The number of sulfonamides is 1. The largest absolute Gasteiger partial charge is 0.480 e. The van der Waals surface area contributed by atoms with E-state index in [0.29, 0.717) is 0 Å². The van der Waals surface area contributed by atoms with E-state index in [9.17, 15) is 13.2 Å². The normalized spacial score (nSPS) is 11.3. The Bertz CT molecular complexity index is 760. The minimum Gasteiger partial charge on any atom is -0.480 e. The van der Waals surface area contributed by atoms with Gasteiger partial charge in [0.05, 0.1) is 15.7 Å². The van der Waals surface area contributed by atoms with Gasteiger partial charge < -0.3 is 5.11 Å². The van der Waals surface area contributed by atoms with Gasteiger partial charge >= 0.3 is 5.97 Å². The molecule has 0 saturated carbocycles. The molecule has 0 aliphatic rings. The van der Waals surface area contributed by atoms with Gasteiger partial charge in [0, 0.05) is 0 Å². The molecule has 0 spiro atoms. The highest BCUT2D eigenvalue weighted by atomic mass is 35.5. The minimum atomic E-state index is -4.02. The maximum Gasteiger partial charge on any atom is 0.324 e. The van der Waals surface area contributed by atoms with Gasteiger partial charge in [0.15, 0.2) is 0 Å². The second kappa shape index (κ2) is 6.23. The lowest BCUT2D eigenvalue weighted by Crippen LogP contribution is -2.35. The number of carboxylic acids is 1. The third-order valence-electron chi connectivity index (χ3n) is 2.52. The van der Waals surface area contributed by atoms with Crippen LogP contribution >= 0.6 is 34.5 Å². The van der Waals surface area contributed by atoms with Crippen LogP contribution in [0.25, 0.3) is 0 Å². The Kier molecular flexibility index (Phi) is 4.77. The van der Waals surface area contributed by atoms with Crippen molar-refractivity contribution in [3.8, 4) is 0 Å². The summed E-state index contributed by atoms with van der Waals surface area (Å²) in [5.74, 6) is -1.30. The van der Waals surface area contributed by atoms with Gasteiger partial charge in [-0.1, -0.05) is 35.3 Å². The highest BCUT2D eigenvalue weighted by Crippen LogP contribution is 2.35. The first-order valence-corrected chi connectivity index (χ1v) is 8.63. The summed E-state index contributed by atoms with van der Waals surface area (Å²) < 4.78 is 25.9. The van der Waals surface area contributed by atoms with Gasteiger partial charge in [0.25, 0.3) is 10.0 Å². The molecule has 0 saturated heterocycles. The Morgan fingerprint density at radius 3 is 2.52 bits per heavy atom. The number of hydrogen-bond donors (Lipinski definition) is 1. The molecule has 0 unspecified atom stereocenters. The predicted octanol–water partition coefficient (Wildman–Crippen LogP) is 3.33. The molecule has 21 heavy (non-hydrogen) atoms. The zero-order valence-electron chi connectivity index (χ0n) is 10.4. The lowest BCUT2D eigenvalue weighted by Gasteiger charge is -2.23. The molecule has 2 aromatic rings. The lowest BCUT2D eigenvalue weighted by molar-refractivity contribution is -0.135. The van der Waals surface area contributed by atoms with Crippen molar-refractivity contribution in [3.63, 3.8) is 0 Å². The smallest absolute Gasteiger partial charge is 0.324 e. The standard InChI is InChI=1S/C12H9Cl2NO4S2/c13-8-3-1-4-9(12(8)14)15(7-10(16)17)21(18,19)11-5-2-6-20-11/h1-6H,7H2,(H,16,17). The first-order valence-electron chi connectivity index (χ1n) is 5.56. The number of thiophene rings is 1. The van der Waals surface area contributed by atoms with Crippen molar-refractivity contribution < 1.29 is 18.3 Å². The molecule has 0 aliphatic carbocycles. The number of halogens is 2. The van der Waals surface area contributed by atoms with Crippen LogP contribution in [0.3, 0.4) is 0 Å². The van der Waals surface area contributed by atoms with Crippen molar-refractivity contribution in [1.82, 2.24) is 0 Å². The van der Waals surface area contributed by atoms with E-state index in [-0.39, 0.29) is 19.9 Å². The molecule has 5 nitrogen and oxygen atoms in total. The summed E-state index contributed by atoms with van der Waals surface area (Å²) in [5.41, 5.74) is 0.0277. The number of benzene rings is 1. The Morgan fingerprint density at radius 1 is 1.24 bits per heavy atom. The van der Waals surface area contributed by atoms with Crippen LogP contribution in [-0.2, 0) is 14.8 Å². The molecule has 0 radical (unpaired) electrons. The van der Waals surface area contributed by atoms with Crippen LogP contribution in [0.15, 0.2) is 39.9 Å². The molecule has 1 aromatic heterocycles. The second-order valence-corrected chi connectivity index (χ2v) is 7.73. The van der Waals surface area contributed by atoms with E-state index in [2.05, 4.69) is 0 Å². The van der Waals surface area contributed by atoms with Gasteiger partial charge in [0.2, 0.25) is 0 Å². The minimum absolute atomic E-state index is 0.0134. The number of aliphatic carboxylic acids is 1. The molecule has 0 amide bonds. The molecule has 1 N–H and O–H groups in total. The van der Waals surface area contributed by atoms with E-state index >= 15 is 0 Å². The average Bonchev–Trinajstić information content (AvgIpc) is 2.94. The van der Waals surface area contributed by atoms with E-state index in [1.807, 2.05) is 0 Å². The quantitative estimate of drug-likeness (QED) is 0.881. The Morgan fingerprint density at radius 2 is 1.95 bits per heavy atom. The van der Waals surface area contributed by atoms with Crippen molar-refractivity contribution >= 4 is 56.2 Å². The molecular weight excluding hydrogens is 357 g/mol. The molecule has 112 valence electrons. The molecule has 0 atom stereocenters. The van der Waals surface area contributed by atoms with Gasteiger partial charge in [-0.15, -0.1) is 11.3 Å². The monoisotopic (exact) mass is 365 g/mol. The van der Waals surface area contributed by atoms with E-state index in [1.54, 1.807) is 11.4 Å². The summed E-state index contributed by atoms with van der Waals surface area (Å²) in [6.07, 6.45) is 0. The highest BCUT2D eigenvalue weighted by molar-refractivity contribution is 7.94. The Hall–Kier alpha value is -1.28. The first-order chi connectivity index (χ1) is 9.84. The first kappa shape index (κ1) is 16.1. The Balaban J connectivity index is 2.59. The van der Waals surface area contributed by atoms with E-state index in [0.717, 1.165) is 15.6 Å². The number of anilines is 1. The van der Waals surface area contributed by atoms with Crippen molar-refractivity contribution in [3.05, 3.63) is 45.8 Å². The number of carbonyl (C=O) groups is 1.